The lowest BCUT2D eigenvalue weighted by Crippen LogP contribution is -2.52. The fourth-order valence-corrected chi connectivity index (χ4v) is 4.43. The van der Waals surface area contributed by atoms with Gasteiger partial charge in [-0.15, -0.1) is 0 Å². The van der Waals surface area contributed by atoms with Crippen molar-refractivity contribution in [2.45, 2.75) is 64.5 Å². The molecule has 8 nitrogen and oxygen atoms in total. The second-order valence-electron chi connectivity index (χ2n) is 10.3. The average molecular weight is 531 g/mol. The first kappa shape index (κ1) is 30.2. The molecule has 0 saturated carbocycles. The summed E-state index contributed by atoms with van der Waals surface area (Å²) in [6, 6.07) is 14.2. The number of Topliss-reactive ketones (excluding diaryl/α,β-unsaturated/α-hetero) is 1. The summed E-state index contributed by atoms with van der Waals surface area (Å²) in [7, 11) is -3.40. The van der Waals surface area contributed by atoms with Crippen LogP contribution in [0.25, 0.3) is 0 Å². The van der Waals surface area contributed by atoms with E-state index in [1.807, 2.05) is 58.0 Å². The summed E-state index contributed by atoms with van der Waals surface area (Å²) in [6.45, 7) is 7.80. The van der Waals surface area contributed by atoms with Crippen molar-refractivity contribution in [3.8, 4) is 0 Å². The van der Waals surface area contributed by atoms with E-state index < -0.39 is 27.2 Å². The molecule has 2 atom stereocenters. The van der Waals surface area contributed by atoms with Crippen LogP contribution < -0.4 is 5.32 Å². The number of carbonyl (C=O) groups excluding carboxylic acids is 3. The molecule has 1 N–H and O–H groups in total. The molecular weight excluding hydrogens is 492 g/mol. The van der Waals surface area contributed by atoms with Crippen LogP contribution in [0, 0.1) is 11.3 Å². The second-order valence-corrected chi connectivity index (χ2v) is 12.3. The average Bonchev–Trinajstić information content (AvgIpc) is 2.86. The summed E-state index contributed by atoms with van der Waals surface area (Å²) in [5, 5.41) is 4.04. The van der Waals surface area contributed by atoms with Crippen LogP contribution in [0.5, 0.6) is 0 Å². The third kappa shape index (κ3) is 9.40. The van der Waals surface area contributed by atoms with Gasteiger partial charge >= 0.3 is 0 Å². The maximum absolute atomic E-state index is 13.4. The van der Waals surface area contributed by atoms with Gasteiger partial charge in [0.2, 0.25) is 12.3 Å². The highest BCUT2D eigenvalue weighted by Crippen LogP contribution is 2.25. The number of nitrogens with one attached hydrogen (secondary N) is 1. The van der Waals surface area contributed by atoms with Crippen molar-refractivity contribution in [3.63, 3.8) is 0 Å². The zero-order chi connectivity index (χ0) is 27.6. The first-order valence-corrected chi connectivity index (χ1v) is 14.3. The Bertz CT molecular complexity index is 1140. The van der Waals surface area contributed by atoms with Gasteiger partial charge in [-0.2, -0.15) is 0 Å². The highest BCUT2D eigenvalue weighted by molar-refractivity contribution is 7.90. The molecule has 0 heterocycles. The standard InChI is InChI=1S/C28H38N2O6S/c1-6-7-13-23(18-30(20-31)36-19-21-11-9-8-10-12-21)27(33)29-26(28(2,3)4)25(32)22-14-16-24(17-15-22)37(5,34)35/h8-12,14-17,20,23,26H,6-7,13,18-19H2,1-5H3,(H,29,33)/t23-,26-/m1/s1. The Labute approximate surface area is 220 Å². The number of hydrogen-bond acceptors (Lipinski definition) is 6. The molecule has 0 spiro atoms. The van der Waals surface area contributed by atoms with Crippen molar-refractivity contribution in [2.24, 2.45) is 11.3 Å². The van der Waals surface area contributed by atoms with E-state index in [2.05, 4.69) is 5.32 Å². The van der Waals surface area contributed by atoms with Crippen molar-refractivity contribution in [2.75, 3.05) is 12.8 Å². The van der Waals surface area contributed by atoms with E-state index in [9.17, 15) is 22.8 Å². The normalized spacial score (nSPS) is 13.4. The van der Waals surface area contributed by atoms with Gasteiger partial charge in [-0.1, -0.05) is 83.0 Å². The van der Waals surface area contributed by atoms with E-state index in [1.54, 1.807) is 0 Å². The molecule has 0 aliphatic carbocycles. The highest BCUT2D eigenvalue weighted by atomic mass is 32.2. The van der Waals surface area contributed by atoms with Gasteiger partial charge in [0.05, 0.1) is 23.4 Å². The van der Waals surface area contributed by atoms with Crippen LogP contribution in [0.15, 0.2) is 59.5 Å². The lowest BCUT2D eigenvalue weighted by molar-refractivity contribution is -0.182. The van der Waals surface area contributed by atoms with E-state index in [0.717, 1.165) is 29.7 Å². The van der Waals surface area contributed by atoms with Crippen molar-refractivity contribution >= 4 is 27.9 Å². The van der Waals surface area contributed by atoms with E-state index in [0.29, 0.717) is 18.4 Å². The Morgan fingerprint density at radius 2 is 1.68 bits per heavy atom. The quantitative estimate of drug-likeness (QED) is 0.223. The second kappa shape index (κ2) is 13.5. The van der Waals surface area contributed by atoms with Crippen molar-refractivity contribution < 1.29 is 27.6 Å². The summed E-state index contributed by atoms with van der Waals surface area (Å²) in [4.78, 5) is 44.3. The maximum atomic E-state index is 13.4. The third-order valence-corrected chi connectivity index (χ3v) is 7.14. The van der Waals surface area contributed by atoms with Gasteiger partial charge in [-0.05, 0) is 29.5 Å². The molecule has 0 bridgehead atoms. The van der Waals surface area contributed by atoms with Gasteiger partial charge in [-0.25, -0.2) is 13.5 Å². The van der Waals surface area contributed by atoms with Gasteiger partial charge in [0, 0.05) is 11.8 Å². The van der Waals surface area contributed by atoms with Crippen LogP contribution in [0.3, 0.4) is 0 Å². The lowest BCUT2D eigenvalue weighted by atomic mass is 9.81. The van der Waals surface area contributed by atoms with Crippen LogP contribution in [0.1, 0.15) is 62.9 Å². The van der Waals surface area contributed by atoms with Gasteiger partial charge in [0.1, 0.15) is 6.61 Å². The minimum Gasteiger partial charge on any atom is -0.345 e. The zero-order valence-corrected chi connectivity index (χ0v) is 23.1. The fraction of sp³-hybridized carbons (Fsp3) is 0.464. The number of ketones is 1. The molecule has 37 heavy (non-hydrogen) atoms. The Kier molecular flexibility index (Phi) is 11.0. The van der Waals surface area contributed by atoms with Gasteiger partial charge in [0.15, 0.2) is 15.6 Å². The predicted molar refractivity (Wildman–Crippen MR) is 142 cm³/mol. The molecule has 0 fully saturated rings. The Morgan fingerprint density at radius 3 is 2.19 bits per heavy atom. The summed E-state index contributed by atoms with van der Waals surface area (Å²) in [6.07, 6.45) is 3.82. The topological polar surface area (TPSA) is 110 Å². The molecule has 9 heteroatoms. The van der Waals surface area contributed by atoms with E-state index in [1.165, 1.54) is 24.3 Å². The van der Waals surface area contributed by atoms with E-state index >= 15 is 0 Å². The largest absolute Gasteiger partial charge is 0.345 e. The molecule has 0 radical (unpaired) electrons. The Morgan fingerprint density at radius 1 is 1.05 bits per heavy atom. The third-order valence-electron chi connectivity index (χ3n) is 6.02. The number of hydroxylamine groups is 2. The number of nitrogens with zero attached hydrogens (tertiary/aromatic N) is 1. The number of amides is 2. The van der Waals surface area contributed by atoms with Gasteiger partial charge in [-0.3, -0.25) is 19.2 Å². The summed E-state index contributed by atoms with van der Waals surface area (Å²) in [5.41, 5.74) is 0.578. The molecule has 0 saturated heterocycles. The molecule has 0 aromatic heterocycles. The Balaban J connectivity index is 2.19. The molecule has 2 aromatic rings. The molecule has 0 aliphatic heterocycles. The van der Waals surface area contributed by atoms with Crippen molar-refractivity contribution in [3.05, 3.63) is 65.7 Å². The molecule has 2 amide bonds. The number of unbranched alkanes of at least 4 members (excludes halogenated alkanes) is 1. The molecule has 0 aliphatic rings. The summed E-state index contributed by atoms with van der Waals surface area (Å²) >= 11 is 0. The number of sulfone groups is 1. The minimum atomic E-state index is -3.40. The Hall–Kier alpha value is -3.04. The number of rotatable bonds is 14. The molecular formula is C28H38N2O6S. The number of carbonyl (C=O) groups is 3. The predicted octanol–water partition coefficient (Wildman–Crippen LogP) is 4.20. The molecule has 2 rings (SSSR count). The van der Waals surface area contributed by atoms with Crippen molar-refractivity contribution in [1.82, 2.24) is 10.4 Å². The summed E-state index contributed by atoms with van der Waals surface area (Å²) in [5.74, 6) is -1.24. The minimum absolute atomic E-state index is 0.0519. The fourth-order valence-electron chi connectivity index (χ4n) is 3.80. The smallest absolute Gasteiger partial charge is 0.233 e. The highest BCUT2D eigenvalue weighted by Gasteiger charge is 2.35. The molecule has 0 unspecified atom stereocenters. The van der Waals surface area contributed by atoms with Crippen LogP contribution in [-0.2, 0) is 30.9 Å². The molecule has 202 valence electrons. The van der Waals surface area contributed by atoms with Crippen molar-refractivity contribution in [1.29, 1.82) is 0 Å². The molecule has 2 aromatic carbocycles. The van der Waals surface area contributed by atoms with Crippen LogP contribution in [0.2, 0.25) is 0 Å². The summed E-state index contributed by atoms with van der Waals surface area (Å²) < 4.78 is 23.5. The maximum Gasteiger partial charge on any atom is 0.233 e. The van der Waals surface area contributed by atoms with Gasteiger partial charge in [0.25, 0.3) is 0 Å². The first-order chi connectivity index (χ1) is 17.4. The van der Waals surface area contributed by atoms with Crippen LogP contribution in [0.4, 0.5) is 0 Å². The zero-order valence-electron chi connectivity index (χ0n) is 22.3. The lowest BCUT2D eigenvalue weighted by Gasteiger charge is -2.32. The van der Waals surface area contributed by atoms with Crippen LogP contribution in [-0.4, -0.2) is 50.4 Å². The number of hydrogen-bond donors (Lipinski definition) is 1. The van der Waals surface area contributed by atoms with E-state index in [4.69, 9.17) is 4.84 Å². The first-order valence-electron chi connectivity index (χ1n) is 12.4. The van der Waals surface area contributed by atoms with Gasteiger partial charge < -0.3 is 5.32 Å². The van der Waals surface area contributed by atoms with Crippen LogP contribution >= 0.6 is 0 Å². The monoisotopic (exact) mass is 530 g/mol. The van der Waals surface area contributed by atoms with E-state index in [-0.39, 0.29) is 29.7 Å². The SMILES string of the molecule is CCCC[C@H](CN(C=O)OCc1ccccc1)C(=O)N[C@H](C(=O)c1ccc(S(C)(=O)=O)cc1)C(C)(C)C. The number of benzene rings is 2.